The molecule has 0 saturated carbocycles. The van der Waals surface area contributed by atoms with Gasteiger partial charge >= 0.3 is 49.6 Å². The molecule has 40 valence electrons. The Kier molecular flexibility index (Phi) is 8.52. The fourth-order valence-electron chi connectivity index (χ4n) is 0. The van der Waals surface area contributed by atoms with Crippen LogP contribution in [-0.2, 0) is 12.3 Å². The zero-order chi connectivity index (χ0) is 4.50. The SMILES string of the molecule is I.[Cl][Ti]([Cl])([Cl])[Cl]. The van der Waals surface area contributed by atoms with Crippen LogP contribution in [0.3, 0.4) is 0 Å². The molecule has 0 heterocycles. The van der Waals surface area contributed by atoms with Crippen molar-refractivity contribution in [2.75, 3.05) is 0 Å². The molecule has 0 nitrogen and oxygen atoms in total. The third-order valence-corrected chi connectivity index (χ3v) is 0. The Hall–Kier alpha value is 2.60. The zero-order valence-electron chi connectivity index (χ0n) is 2.42. The van der Waals surface area contributed by atoms with E-state index in [-0.39, 0.29) is 24.0 Å². The molecule has 0 aromatic heterocycles. The number of hydrogen-bond acceptors (Lipinski definition) is 0. The van der Waals surface area contributed by atoms with Crippen LogP contribution in [-0.4, -0.2) is 0 Å². The van der Waals surface area contributed by atoms with E-state index in [1.807, 2.05) is 0 Å². The van der Waals surface area contributed by atoms with Crippen LogP contribution < -0.4 is 0 Å². The van der Waals surface area contributed by atoms with Crippen molar-refractivity contribution >= 4 is 61.2 Å². The summed E-state index contributed by atoms with van der Waals surface area (Å²) in [4.78, 5) is 0. The van der Waals surface area contributed by atoms with E-state index in [0.717, 1.165) is 0 Å². The Labute approximate surface area is 72.4 Å². The van der Waals surface area contributed by atoms with Gasteiger partial charge in [0.05, 0.1) is 0 Å². The van der Waals surface area contributed by atoms with Crippen LogP contribution in [0, 0.1) is 0 Å². The van der Waals surface area contributed by atoms with Crippen LogP contribution in [0.5, 0.6) is 0 Å². The topological polar surface area (TPSA) is 0 Å². The molecule has 0 radical (unpaired) electrons. The quantitative estimate of drug-likeness (QED) is 0.475. The summed E-state index contributed by atoms with van der Waals surface area (Å²) in [6, 6.07) is 0. The molecule has 0 amide bonds. The van der Waals surface area contributed by atoms with Gasteiger partial charge in [0.2, 0.25) is 0 Å². The van der Waals surface area contributed by atoms with Gasteiger partial charge in [0, 0.05) is 0 Å². The van der Waals surface area contributed by atoms with Gasteiger partial charge < -0.3 is 0 Å². The number of rotatable bonds is 0. The van der Waals surface area contributed by atoms with E-state index in [2.05, 4.69) is 0 Å². The molecule has 0 aromatic carbocycles. The summed E-state index contributed by atoms with van der Waals surface area (Å²) in [5.74, 6) is 0. The van der Waals surface area contributed by atoms with Crippen molar-refractivity contribution in [2.24, 2.45) is 0 Å². The molecule has 0 fully saturated rings. The van der Waals surface area contributed by atoms with Crippen molar-refractivity contribution in [1.29, 1.82) is 0 Å². The molecule has 0 saturated heterocycles. The van der Waals surface area contributed by atoms with Gasteiger partial charge in [0.15, 0.2) is 0 Å². The van der Waals surface area contributed by atoms with Gasteiger partial charge in [-0.05, 0) is 0 Å². The monoisotopic (exact) mass is 316 g/mol. The van der Waals surface area contributed by atoms with E-state index >= 15 is 0 Å². The predicted molar refractivity (Wildman–Crippen MR) is 38.8 cm³/mol. The van der Waals surface area contributed by atoms with Gasteiger partial charge in [-0.1, -0.05) is 0 Å². The molecule has 6 heavy (non-hydrogen) atoms. The first-order valence-electron chi connectivity index (χ1n) is 0.756. The standard InChI is InChI=1S/4ClH.HI.Ti/h5*1H;/q;;;;;+4/p-4. The van der Waals surface area contributed by atoms with Crippen LogP contribution in [0.1, 0.15) is 0 Å². The molecular weight excluding hydrogens is 317 g/mol. The first kappa shape index (κ1) is 11.4. The maximum absolute atomic E-state index is 5.01. The van der Waals surface area contributed by atoms with E-state index in [1.54, 1.807) is 0 Å². The van der Waals surface area contributed by atoms with Crippen molar-refractivity contribution in [3.05, 3.63) is 0 Å². The molecule has 0 aliphatic carbocycles. The second-order valence-electron chi connectivity index (χ2n) is 0.429. The zero-order valence-corrected chi connectivity index (χ0v) is 9.34. The van der Waals surface area contributed by atoms with Crippen molar-refractivity contribution < 1.29 is 12.3 Å². The predicted octanol–water partition coefficient (Wildman–Crippen LogP) is 3.37. The van der Waals surface area contributed by atoms with Crippen molar-refractivity contribution in [3.63, 3.8) is 0 Å². The Morgan fingerprint density at radius 3 is 0.833 bits per heavy atom. The Morgan fingerprint density at radius 1 is 0.833 bits per heavy atom. The van der Waals surface area contributed by atoms with E-state index < -0.39 is 12.3 Å². The van der Waals surface area contributed by atoms with Gasteiger partial charge in [0.1, 0.15) is 0 Å². The molecular formula is HCl4ITi. The molecule has 0 spiro atoms. The summed E-state index contributed by atoms with van der Waals surface area (Å²) in [5.41, 5.74) is 0. The Bertz CT molecular complexity index is 23.0. The molecule has 0 rings (SSSR count). The van der Waals surface area contributed by atoms with E-state index in [4.69, 9.17) is 37.2 Å². The Balaban J connectivity index is 0. The third kappa shape index (κ3) is 30.6. The molecule has 0 atom stereocenters. The van der Waals surface area contributed by atoms with Gasteiger partial charge in [-0.15, -0.1) is 24.0 Å². The summed E-state index contributed by atoms with van der Waals surface area (Å²) in [5, 5.41) is 0. The minimum absolute atomic E-state index is 0. The van der Waals surface area contributed by atoms with Crippen LogP contribution in [0.25, 0.3) is 0 Å². The molecule has 0 N–H and O–H groups in total. The van der Waals surface area contributed by atoms with Crippen LogP contribution >= 0.6 is 61.2 Å². The van der Waals surface area contributed by atoms with Gasteiger partial charge in [-0.25, -0.2) is 0 Å². The second-order valence-corrected chi connectivity index (χ2v) is 15.9. The minimum atomic E-state index is -3.11. The molecule has 0 aromatic rings. The average molecular weight is 318 g/mol. The molecule has 6 heteroatoms. The average Bonchev–Trinajstić information content (AvgIpc) is 0.722. The van der Waals surface area contributed by atoms with Gasteiger partial charge in [-0.3, -0.25) is 0 Å². The van der Waals surface area contributed by atoms with E-state index in [9.17, 15) is 0 Å². The fourth-order valence-corrected chi connectivity index (χ4v) is 0. The number of hydrogen-bond donors (Lipinski definition) is 0. The molecule has 0 unspecified atom stereocenters. The summed E-state index contributed by atoms with van der Waals surface area (Å²) >= 11 is -3.11. The van der Waals surface area contributed by atoms with E-state index in [1.165, 1.54) is 0 Å². The summed E-state index contributed by atoms with van der Waals surface area (Å²) < 4.78 is 0. The number of halogens is 5. The summed E-state index contributed by atoms with van der Waals surface area (Å²) in [7, 11) is 20.1. The molecule has 0 aliphatic rings. The van der Waals surface area contributed by atoms with Crippen molar-refractivity contribution in [3.8, 4) is 0 Å². The fraction of sp³-hybridized carbons (Fsp3) is 0. The first-order valence-corrected chi connectivity index (χ1v) is 9.35. The normalized spacial score (nSPS) is 10.0. The second kappa shape index (κ2) is 4.48. The van der Waals surface area contributed by atoms with Crippen LogP contribution in [0.2, 0.25) is 0 Å². The van der Waals surface area contributed by atoms with Crippen molar-refractivity contribution in [1.82, 2.24) is 0 Å². The third-order valence-electron chi connectivity index (χ3n) is 0. The van der Waals surface area contributed by atoms with Crippen LogP contribution in [0.15, 0.2) is 0 Å². The van der Waals surface area contributed by atoms with Crippen molar-refractivity contribution in [2.45, 2.75) is 0 Å². The maximum atomic E-state index is 5.01. The molecule has 0 bridgehead atoms. The Morgan fingerprint density at radius 2 is 0.833 bits per heavy atom. The van der Waals surface area contributed by atoms with Gasteiger partial charge in [0.25, 0.3) is 0 Å². The van der Waals surface area contributed by atoms with Crippen LogP contribution in [0.4, 0.5) is 0 Å². The van der Waals surface area contributed by atoms with E-state index in [0.29, 0.717) is 0 Å². The van der Waals surface area contributed by atoms with Gasteiger partial charge in [-0.2, -0.15) is 0 Å². The first-order chi connectivity index (χ1) is 2.00. The molecule has 0 aliphatic heterocycles. The summed E-state index contributed by atoms with van der Waals surface area (Å²) in [6.07, 6.45) is 0. The summed E-state index contributed by atoms with van der Waals surface area (Å²) in [6.45, 7) is 0.